The third-order valence-electron chi connectivity index (χ3n) is 2.14. The average Bonchev–Trinajstić information content (AvgIpc) is 2.32. The monoisotopic (exact) mass is 170 g/mol. The second kappa shape index (κ2) is 3.05. The normalized spacial score (nSPS) is 29.2. The van der Waals surface area contributed by atoms with Crippen LogP contribution in [0.15, 0.2) is 0 Å². The second-order valence-corrected chi connectivity index (χ2v) is 2.87. The lowest BCUT2D eigenvalue weighted by molar-refractivity contribution is -0.148. The van der Waals surface area contributed by atoms with Gasteiger partial charge >= 0.3 is 5.97 Å². The van der Waals surface area contributed by atoms with E-state index in [9.17, 15) is 14.4 Å². The number of methoxy groups -OCH3 is 1. The Morgan fingerprint density at radius 2 is 2.08 bits per heavy atom. The van der Waals surface area contributed by atoms with E-state index in [-0.39, 0.29) is 18.0 Å². The minimum atomic E-state index is -0.850. The molecule has 0 N–H and O–H groups in total. The molecule has 1 saturated carbocycles. The van der Waals surface area contributed by atoms with Gasteiger partial charge in [-0.3, -0.25) is 14.4 Å². The molecule has 1 rings (SSSR count). The number of carbonyl (C=O) groups excluding carboxylic acids is 3. The van der Waals surface area contributed by atoms with E-state index >= 15 is 0 Å². The van der Waals surface area contributed by atoms with Crippen molar-refractivity contribution in [3.8, 4) is 0 Å². The van der Waals surface area contributed by atoms with Gasteiger partial charge in [0, 0.05) is 6.42 Å². The Hall–Kier alpha value is -1.19. The molecule has 0 aromatic heterocycles. The maximum atomic E-state index is 11.2. The minimum Gasteiger partial charge on any atom is -0.468 e. The Balaban J connectivity index is 2.78. The summed E-state index contributed by atoms with van der Waals surface area (Å²) in [6, 6.07) is 0. The molecule has 1 aliphatic rings. The first-order valence-corrected chi connectivity index (χ1v) is 3.72. The molecule has 0 spiro atoms. The van der Waals surface area contributed by atoms with Crippen molar-refractivity contribution in [3.05, 3.63) is 0 Å². The van der Waals surface area contributed by atoms with Gasteiger partial charge in [-0.2, -0.15) is 0 Å². The van der Waals surface area contributed by atoms with E-state index in [4.69, 9.17) is 0 Å². The maximum absolute atomic E-state index is 11.2. The van der Waals surface area contributed by atoms with Crippen molar-refractivity contribution in [2.45, 2.75) is 13.3 Å². The summed E-state index contributed by atoms with van der Waals surface area (Å²) in [6.07, 6.45) is 0.00662. The molecule has 1 aliphatic carbocycles. The second-order valence-electron chi connectivity index (χ2n) is 2.87. The van der Waals surface area contributed by atoms with Crippen molar-refractivity contribution in [2.24, 2.45) is 11.8 Å². The van der Waals surface area contributed by atoms with Crippen LogP contribution in [0, 0.1) is 11.8 Å². The molecule has 0 amide bonds. The zero-order valence-electron chi connectivity index (χ0n) is 6.99. The molecule has 66 valence electrons. The summed E-state index contributed by atoms with van der Waals surface area (Å²) in [5.41, 5.74) is 0. The zero-order chi connectivity index (χ0) is 9.30. The number of ketones is 2. The number of carbonyl (C=O) groups is 3. The van der Waals surface area contributed by atoms with Gasteiger partial charge in [-0.05, 0) is 6.92 Å². The highest BCUT2D eigenvalue weighted by Gasteiger charge is 2.42. The summed E-state index contributed by atoms with van der Waals surface area (Å²) in [4.78, 5) is 33.1. The molecule has 0 aliphatic heterocycles. The summed E-state index contributed by atoms with van der Waals surface area (Å²) in [6.45, 7) is 1.52. The standard InChI is InChI=1S/C8H10O4/c1-4-6(9)3-5(7(4)10)8(11)12-2/h4-5H,3H2,1-2H3/t4-,5+/m0/s1. The third kappa shape index (κ3) is 1.24. The highest BCUT2D eigenvalue weighted by molar-refractivity contribution is 6.17. The molecule has 4 nitrogen and oxygen atoms in total. The maximum Gasteiger partial charge on any atom is 0.316 e. The fourth-order valence-electron chi connectivity index (χ4n) is 1.28. The molecule has 12 heavy (non-hydrogen) atoms. The number of rotatable bonds is 1. The average molecular weight is 170 g/mol. The van der Waals surface area contributed by atoms with Gasteiger partial charge in [0.25, 0.3) is 0 Å². The van der Waals surface area contributed by atoms with Gasteiger partial charge in [-0.25, -0.2) is 0 Å². The highest BCUT2D eigenvalue weighted by atomic mass is 16.5. The first-order valence-electron chi connectivity index (χ1n) is 3.72. The number of esters is 1. The third-order valence-corrected chi connectivity index (χ3v) is 2.14. The van der Waals surface area contributed by atoms with Crippen LogP contribution in [0.3, 0.4) is 0 Å². The van der Waals surface area contributed by atoms with Gasteiger partial charge in [0.15, 0.2) is 5.78 Å². The summed E-state index contributed by atoms with van der Waals surface area (Å²) < 4.78 is 4.39. The summed E-state index contributed by atoms with van der Waals surface area (Å²) in [7, 11) is 1.21. The van der Waals surface area contributed by atoms with Crippen LogP contribution in [-0.4, -0.2) is 24.6 Å². The van der Waals surface area contributed by atoms with Crippen molar-refractivity contribution in [3.63, 3.8) is 0 Å². The van der Waals surface area contributed by atoms with Gasteiger partial charge in [0.05, 0.1) is 13.0 Å². The van der Waals surface area contributed by atoms with Gasteiger partial charge in [0.2, 0.25) is 0 Å². The molecule has 0 aromatic carbocycles. The fraction of sp³-hybridized carbons (Fsp3) is 0.625. The summed E-state index contributed by atoms with van der Waals surface area (Å²) in [5, 5.41) is 0. The minimum absolute atomic E-state index is 0.00662. The van der Waals surface area contributed by atoms with Gasteiger partial charge in [-0.15, -0.1) is 0 Å². The van der Waals surface area contributed by atoms with E-state index in [0.29, 0.717) is 0 Å². The van der Waals surface area contributed by atoms with Gasteiger partial charge < -0.3 is 4.74 Å². The molecule has 0 heterocycles. The number of hydrogen-bond acceptors (Lipinski definition) is 4. The lowest BCUT2D eigenvalue weighted by Crippen LogP contribution is -2.22. The van der Waals surface area contributed by atoms with Crippen molar-refractivity contribution in [2.75, 3.05) is 7.11 Å². The van der Waals surface area contributed by atoms with E-state index in [1.165, 1.54) is 14.0 Å². The number of hydrogen-bond donors (Lipinski definition) is 0. The molecule has 4 heteroatoms. The molecule has 0 saturated heterocycles. The number of ether oxygens (including phenoxy) is 1. The molecule has 0 unspecified atom stereocenters. The topological polar surface area (TPSA) is 60.4 Å². The molecule has 0 radical (unpaired) electrons. The van der Waals surface area contributed by atoms with E-state index in [1.807, 2.05) is 0 Å². The molecular weight excluding hydrogens is 160 g/mol. The molecule has 0 bridgehead atoms. The highest BCUT2D eigenvalue weighted by Crippen LogP contribution is 2.24. The zero-order valence-corrected chi connectivity index (χ0v) is 6.99. The SMILES string of the molecule is COC(=O)[C@@H]1CC(=O)[C@H](C)C1=O. The largest absolute Gasteiger partial charge is 0.468 e. The van der Waals surface area contributed by atoms with Crippen LogP contribution >= 0.6 is 0 Å². The molecule has 1 fully saturated rings. The van der Waals surface area contributed by atoms with Crippen molar-refractivity contribution >= 4 is 17.5 Å². The molecule has 2 atom stereocenters. The quantitative estimate of drug-likeness (QED) is 0.409. The first-order chi connectivity index (χ1) is 5.57. The Morgan fingerprint density at radius 3 is 2.42 bits per heavy atom. The van der Waals surface area contributed by atoms with Crippen molar-refractivity contribution in [1.82, 2.24) is 0 Å². The van der Waals surface area contributed by atoms with Crippen LogP contribution in [0.25, 0.3) is 0 Å². The predicted molar refractivity (Wildman–Crippen MR) is 39.3 cm³/mol. The Morgan fingerprint density at radius 1 is 1.50 bits per heavy atom. The van der Waals surface area contributed by atoms with Crippen LogP contribution < -0.4 is 0 Å². The van der Waals surface area contributed by atoms with Crippen LogP contribution in [0.2, 0.25) is 0 Å². The lowest BCUT2D eigenvalue weighted by atomic mass is 10.1. The van der Waals surface area contributed by atoms with E-state index < -0.39 is 17.8 Å². The van der Waals surface area contributed by atoms with Crippen LogP contribution in [0.4, 0.5) is 0 Å². The Labute approximate surface area is 69.9 Å². The van der Waals surface area contributed by atoms with E-state index in [0.717, 1.165) is 0 Å². The van der Waals surface area contributed by atoms with Gasteiger partial charge in [-0.1, -0.05) is 0 Å². The Bertz CT molecular complexity index is 243. The van der Waals surface area contributed by atoms with Crippen LogP contribution in [-0.2, 0) is 19.1 Å². The van der Waals surface area contributed by atoms with E-state index in [1.54, 1.807) is 0 Å². The molecular formula is C8H10O4. The van der Waals surface area contributed by atoms with E-state index in [2.05, 4.69) is 4.74 Å². The summed E-state index contributed by atoms with van der Waals surface area (Å²) >= 11 is 0. The Kier molecular flexibility index (Phi) is 2.26. The summed E-state index contributed by atoms with van der Waals surface area (Å²) in [5.74, 6) is -2.56. The van der Waals surface area contributed by atoms with Crippen molar-refractivity contribution in [1.29, 1.82) is 0 Å². The lowest BCUT2D eigenvalue weighted by Gasteiger charge is -2.03. The molecule has 0 aromatic rings. The van der Waals surface area contributed by atoms with Crippen molar-refractivity contribution < 1.29 is 19.1 Å². The van der Waals surface area contributed by atoms with Crippen LogP contribution in [0.5, 0.6) is 0 Å². The first kappa shape index (κ1) is 8.90. The fourth-order valence-corrected chi connectivity index (χ4v) is 1.28. The number of Topliss-reactive ketones (excluding diaryl/α,β-unsaturated/α-hetero) is 2. The predicted octanol–water partition coefficient (Wildman–Crippen LogP) is -0.0464. The smallest absolute Gasteiger partial charge is 0.316 e. The van der Waals surface area contributed by atoms with Crippen LogP contribution in [0.1, 0.15) is 13.3 Å². The van der Waals surface area contributed by atoms with Gasteiger partial charge in [0.1, 0.15) is 11.7 Å².